The minimum atomic E-state index is -0.961. The molecule has 0 bridgehead atoms. The lowest BCUT2D eigenvalue weighted by Crippen LogP contribution is -2.40. The van der Waals surface area contributed by atoms with Crippen LogP contribution in [0.1, 0.15) is 38.1 Å². The molecule has 48 heavy (non-hydrogen) atoms. The third-order valence-electron chi connectivity index (χ3n) is 7.07. The Balaban J connectivity index is 1.62. The van der Waals surface area contributed by atoms with E-state index in [1.165, 1.54) is 29.9 Å². The molecule has 0 saturated heterocycles. The Morgan fingerprint density at radius 1 is 1.08 bits per heavy atom. The van der Waals surface area contributed by atoms with Crippen LogP contribution in [0.15, 0.2) is 67.9 Å². The van der Waals surface area contributed by atoms with E-state index >= 15 is 0 Å². The molecule has 250 valence electrons. The van der Waals surface area contributed by atoms with E-state index in [1.54, 1.807) is 51.1 Å². The van der Waals surface area contributed by atoms with Crippen molar-refractivity contribution in [2.45, 2.75) is 26.8 Å². The van der Waals surface area contributed by atoms with Gasteiger partial charge in [0.05, 0.1) is 52.1 Å². The zero-order valence-corrected chi connectivity index (χ0v) is 28.2. The van der Waals surface area contributed by atoms with Gasteiger partial charge in [-0.25, -0.2) is 14.6 Å². The summed E-state index contributed by atoms with van der Waals surface area (Å²) >= 11 is 13.4. The zero-order valence-electron chi connectivity index (χ0n) is 25.9. The Kier molecular flexibility index (Phi) is 10.4. The second kappa shape index (κ2) is 14.5. The molecule has 13 nitrogen and oxygen atoms in total. The van der Waals surface area contributed by atoms with E-state index in [2.05, 4.69) is 9.73 Å². The molecule has 2 aromatic heterocycles. The average Bonchev–Trinajstić information content (AvgIpc) is 3.63. The van der Waals surface area contributed by atoms with Gasteiger partial charge in [-0.05, 0) is 56.7 Å². The number of methoxy groups -OCH3 is 1. The molecule has 16 heteroatoms. The smallest absolute Gasteiger partial charge is 0.343 e. The molecule has 0 aliphatic carbocycles. The molecule has 0 unspecified atom stereocenters. The highest BCUT2D eigenvalue weighted by molar-refractivity contribution is 7.07. The first kappa shape index (κ1) is 34.4. The van der Waals surface area contributed by atoms with Crippen LogP contribution in [0.25, 0.3) is 17.4 Å². The van der Waals surface area contributed by atoms with Crippen LogP contribution < -0.4 is 24.4 Å². The fraction of sp³-hybridized carbons (Fsp3) is 0.250. The van der Waals surface area contributed by atoms with Crippen molar-refractivity contribution >= 4 is 58.2 Å². The number of nitro benzene ring substituents is 1. The summed E-state index contributed by atoms with van der Waals surface area (Å²) < 4.78 is 28.9. The highest BCUT2D eigenvalue weighted by atomic mass is 35.5. The number of aromatic nitrogens is 1. The summed E-state index contributed by atoms with van der Waals surface area (Å²) in [5.41, 5.74) is 0.432. The lowest BCUT2D eigenvalue weighted by atomic mass is 9.95. The van der Waals surface area contributed by atoms with Gasteiger partial charge in [0, 0.05) is 17.7 Å². The van der Waals surface area contributed by atoms with Gasteiger partial charge < -0.3 is 23.4 Å². The fourth-order valence-electron chi connectivity index (χ4n) is 4.96. The number of ether oxygens (including phenoxy) is 4. The Labute approximate surface area is 286 Å². The summed E-state index contributed by atoms with van der Waals surface area (Å²) in [4.78, 5) is 54.7. The number of nitro groups is 1. The number of thiazole rings is 1. The van der Waals surface area contributed by atoms with E-state index in [0.29, 0.717) is 16.1 Å². The molecule has 0 radical (unpaired) electrons. The van der Waals surface area contributed by atoms with Crippen LogP contribution in [-0.2, 0) is 19.1 Å². The van der Waals surface area contributed by atoms with E-state index in [9.17, 15) is 24.5 Å². The topological polar surface area (TPSA) is 162 Å². The fourth-order valence-corrected chi connectivity index (χ4v) is 6.53. The zero-order chi connectivity index (χ0) is 34.7. The number of rotatable bonds is 11. The third-order valence-corrected chi connectivity index (χ3v) is 8.67. The second-order valence-corrected chi connectivity index (χ2v) is 11.9. The largest absolute Gasteiger partial charge is 0.490 e. The van der Waals surface area contributed by atoms with E-state index in [-0.39, 0.29) is 74.2 Å². The normalized spacial score (nSPS) is 14.3. The van der Waals surface area contributed by atoms with Crippen molar-refractivity contribution in [3.63, 3.8) is 0 Å². The number of esters is 2. The van der Waals surface area contributed by atoms with Crippen LogP contribution in [-0.4, -0.2) is 48.4 Å². The highest BCUT2D eigenvalue weighted by Gasteiger charge is 2.34. The van der Waals surface area contributed by atoms with Gasteiger partial charge in [0.15, 0.2) is 22.9 Å². The number of nitrogens with zero attached hydrogens (tertiary/aromatic N) is 3. The quantitative estimate of drug-likeness (QED) is 0.114. The molecule has 4 aromatic rings. The van der Waals surface area contributed by atoms with Gasteiger partial charge >= 0.3 is 11.9 Å². The molecule has 5 rings (SSSR count). The molecule has 2 aromatic carbocycles. The average molecular weight is 717 g/mol. The van der Waals surface area contributed by atoms with Gasteiger partial charge in [0.25, 0.3) is 11.2 Å². The van der Waals surface area contributed by atoms with E-state index in [0.717, 1.165) is 11.3 Å². The molecular formula is C32H27Cl2N3O10S. The molecule has 1 atom stereocenters. The van der Waals surface area contributed by atoms with Crippen LogP contribution in [0, 0.1) is 10.1 Å². The Hall–Kier alpha value is -4.92. The number of halogens is 2. The molecule has 1 aliphatic heterocycles. The predicted octanol–water partition coefficient (Wildman–Crippen LogP) is 5.22. The van der Waals surface area contributed by atoms with Gasteiger partial charge in [0.2, 0.25) is 0 Å². The number of fused-ring (bicyclic) bond motifs is 1. The number of benzene rings is 2. The van der Waals surface area contributed by atoms with Crippen molar-refractivity contribution in [1.29, 1.82) is 0 Å². The van der Waals surface area contributed by atoms with Crippen molar-refractivity contribution < 1.29 is 37.9 Å². The summed E-state index contributed by atoms with van der Waals surface area (Å²) in [6, 6.07) is 9.51. The Bertz CT molecular complexity index is 2150. The first-order valence-electron chi connectivity index (χ1n) is 14.4. The maximum absolute atomic E-state index is 14.1. The third kappa shape index (κ3) is 6.86. The van der Waals surface area contributed by atoms with Gasteiger partial charge in [-0.1, -0.05) is 40.6 Å². The van der Waals surface area contributed by atoms with Crippen LogP contribution in [0.5, 0.6) is 11.5 Å². The van der Waals surface area contributed by atoms with Crippen LogP contribution in [0.2, 0.25) is 10.0 Å². The monoisotopic (exact) mass is 715 g/mol. The van der Waals surface area contributed by atoms with E-state index in [1.807, 2.05) is 0 Å². The predicted molar refractivity (Wildman–Crippen MR) is 176 cm³/mol. The standard InChI is InChI=1S/C32H27Cl2N3O10S/c1-5-44-25-11-17(7-9-24(25)46-15-27(38)43-4)29-28(31(40)45-6-2)16(3)35-32-36(29)30(39)26(48-32)12-18-8-10-23(47-18)19-13-22(37(41)42)21(34)14-20(19)33/h7-14,29H,5-6,15H2,1-4H3/b26-12-/t29-/m1/s1. The van der Waals surface area contributed by atoms with Gasteiger partial charge in [-0.3, -0.25) is 19.5 Å². The van der Waals surface area contributed by atoms with Crippen LogP contribution in [0.3, 0.4) is 0 Å². The molecule has 3 heterocycles. The maximum atomic E-state index is 14.1. The summed E-state index contributed by atoms with van der Waals surface area (Å²) in [5, 5.41) is 11.4. The number of furan rings is 1. The SMILES string of the molecule is CCOC(=O)C1=C(C)N=c2s/c(=C\c3ccc(-c4cc([N+](=O)[O-])c(Cl)cc4Cl)o3)c(=O)n2[C@@H]1c1ccc(OCC(=O)OC)c(OCC)c1. The molecule has 0 amide bonds. The van der Waals surface area contributed by atoms with Crippen molar-refractivity contribution in [2.75, 3.05) is 26.9 Å². The molecule has 1 aliphatic rings. The molecular weight excluding hydrogens is 689 g/mol. The van der Waals surface area contributed by atoms with E-state index in [4.69, 9.17) is 41.8 Å². The summed E-state index contributed by atoms with van der Waals surface area (Å²) in [6.07, 6.45) is 1.50. The Morgan fingerprint density at radius 2 is 1.85 bits per heavy atom. The first-order valence-corrected chi connectivity index (χ1v) is 15.9. The molecule has 0 N–H and O–H groups in total. The number of hydrogen-bond donors (Lipinski definition) is 0. The molecule has 0 spiro atoms. The van der Waals surface area contributed by atoms with Gasteiger partial charge in [-0.15, -0.1) is 0 Å². The summed E-state index contributed by atoms with van der Waals surface area (Å²) in [5.74, 6) is -0.216. The molecule has 0 saturated carbocycles. The van der Waals surface area contributed by atoms with Crippen molar-refractivity contribution in [3.8, 4) is 22.8 Å². The number of hydrogen-bond acceptors (Lipinski definition) is 12. The highest BCUT2D eigenvalue weighted by Crippen LogP contribution is 2.38. The minimum Gasteiger partial charge on any atom is -0.490 e. The minimum absolute atomic E-state index is 0.0961. The van der Waals surface area contributed by atoms with Crippen LogP contribution in [0.4, 0.5) is 5.69 Å². The molecule has 0 fully saturated rings. The lowest BCUT2D eigenvalue weighted by Gasteiger charge is -2.25. The summed E-state index contributed by atoms with van der Waals surface area (Å²) in [6.45, 7) is 5.11. The number of carbonyl (C=O) groups excluding carboxylic acids is 2. The lowest BCUT2D eigenvalue weighted by molar-refractivity contribution is -0.384. The van der Waals surface area contributed by atoms with Crippen molar-refractivity contribution in [3.05, 3.63) is 105 Å². The second-order valence-electron chi connectivity index (χ2n) is 10.0. The van der Waals surface area contributed by atoms with Gasteiger partial charge in [0.1, 0.15) is 16.5 Å². The van der Waals surface area contributed by atoms with Crippen LogP contribution >= 0.6 is 34.5 Å². The van der Waals surface area contributed by atoms with E-state index < -0.39 is 28.5 Å². The Morgan fingerprint density at radius 3 is 2.54 bits per heavy atom. The summed E-state index contributed by atoms with van der Waals surface area (Å²) in [7, 11) is 1.24. The number of carbonyl (C=O) groups is 2. The van der Waals surface area contributed by atoms with Crippen molar-refractivity contribution in [2.24, 2.45) is 4.99 Å². The maximum Gasteiger partial charge on any atom is 0.343 e. The first-order chi connectivity index (χ1) is 23.0. The van der Waals surface area contributed by atoms with Crippen molar-refractivity contribution in [1.82, 2.24) is 4.57 Å². The number of allylic oxidation sites excluding steroid dienone is 1. The van der Waals surface area contributed by atoms with Gasteiger partial charge in [-0.2, -0.15) is 0 Å².